The Labute approximate surface area is 237 Å². The van der Waals surface area contributed by atoms with Gasteiger partial charge < -0.3 is 14.2 Å². The first-order valence-electron chi connectivity index (χ1n) is 11.3. The lowest BCUT2D eigenvalue weighted by Gasteiger charge is -2.35. The van der Waals surface area contributed by atoms with E-state index in [1.807, 2.05) is 6.07 Å². The minimum Gasteiger partial charge on any atom is -0.488 e. The van der Waals surface area contributed by atoms with Crippen LogP contribution in [0.4, 0.5) is 9.18 Å². The Morgan fingerprint density at radius 1 is 1.22 bits per heavy atom. The lowest BCUT2D eigenvalue weighted by molar-refractivity contribution is -0.0637. The van der Waals surface area contributed by atoms with Crippen LogP contribution in [-0.2, 0) is 9.47 Å². The first kappa shape index (κ1) is 28.0. The summed E-state index contributed by atoms with van der Waals surface area (Å²) in [6.45, 7) is 9.09. The van der Waals surface area contributed by atoms with Crippen molar-refractivity contribution >= 4 is 56.6 Å². The predicted molar refractivity (Wildman–Crippen MR) is 146 cm³/mol. The third-order valence-corrected chi connectivity index (χ3v) is 7.38. The van der Waals surface area contributed by atoms with Crippen molar-refractivity contribution in [2.24, 2.45) is 0 Å². The second-order valence-corrected chi connectivity index (χ2v) is 12.6. The summed E-state index contributed by atoms with van der Waals surface area (Å²) in [5.74, 6) is -0.672. The van der Waals surface area contributed by atoms with Gasteiger partial charge in [-0.2, -0.15) is 0 Å². The molecule has 1 aromatic heterocycles. The van der Waals surface area contributed by atoms with Crippen molar-refractivity contribution in [2.45, 2.75) is 52.0 Å². The van der Waals surface area contributed by atoms with Crippen molar-refractivity contribution in [1.29, 1.82) is 0 Å². The lowest BCUT2D eigenvalue weighted by Crippen LogP contribution is -2.51. The molecule has 1 aliphatic rings. The second kappa shape index (κ2) is 10.6. The molecule has 0 unspecified atom stereocenters. The summed E-state index contributed by atoms with van der Waals surface area (Å²) in [4.78, 5) is 14.3. The van der Waals surface area contributed by atoms with Crippen molar-refractivity contribution in [2.75, 3.05) is 13.2 Å². The maximum Gasteiger partial charge on any atom is 0.413 e. The number of rotatable bonds is 5. The standard InChI is InChI=1S/C25H25BrCl2FN3O4S/c1-24(2,3)36-23(33)32-16(12-35-25(32,4)5)11-34-20-10-18(28)17(9-19(20)29)22-31-30-21(37-22)13-6-14(26)8-15(27)7-13/h6-10,16H,11-12H2,1-5H3/t16-/m0/s1. The molecule has 0 bridgehead atoms. The van der Waals surface area contributed by atoms with Gasteiger partial charge in [0.15, 0.2) is 11.6 Å². The number of benzene rings is 2. The van der Waals surface area contributed by atoms with E-state index >= 15 is 4.39 Å². The average molecular weight is 633 g/mol. The van der Waals surface area contributed by atoms with E-state index in [0.717, 1.165) is 10.0 Å². The topological polar surface area (TPSA) is 73.8 Å². The number of carbonyl (C=O) groups is 1. The summed E-state index contributed by atoms with van der Waals surface area (Å²) in [5.41, 5.74) is -0.414. The number of amides is 1. The zero-order valence-corrected chi connectivity index (χ0v) is 24.7. The highest BCUT2D eigenvalue weighted by Gasteiger charge is 2.46. The highest BCUT2D eigenvalue weighted by Crippen LogP contribution is 2.38. The van der Waals surface area contributed by atoms with E-state index in [2.05, 4.69) is 26.1 Å². The molecule has 7 nitrogen and oxygen atoms in total. The van der Waals surface area contributed by atoms with E-state index < -0.39 is 29.3 Å². The Kier molecular flexibility index (Phi) is 8.07. The fraction of sp³-hybridized carbons (Fsp3) is 0.400. The zero-order valence-electron chi connectivity index (χ0n) is 20.8. The molecule has 3 aromatic rings. The second-order valence-electron chi connectivity index (χ2n) is 9.91. The summed E-state index contributed by atoms with van der Waals surface area (Å²) < 4.78 is 32.9. The number of ether oxygens (including phenoxy) is 3. The molecule has 198 valence electrons. The van der Waals surface area contributed by atoms with E-state index in [1.54, 1.807) is 46.8 Å². The third-order valence-electron chi connectivity index (χ3n) is 5.38. The molecule has 0 aliphatic carbocycles. The molecule has 37 heavy (non-hydrogen) atoms. The van der Waals surface area contributed by atoms with Gasteiger partial charge in [-0.15, -0.1) is 10.2 Å². The van der Waals surface area contributed by atoms with Gasteiger partial charge in [-0.25, -0.2) is 9.18 Å². The van der Waals surface area contributed by atoms with Crippen LogP contribution in [0.1, 0.15) is 34.6 Å². The molecular formula is C25H25BrCl2FN3O4S. The molecule has 0 saturated carbocycles. The van der Waals surface area contributed by atoms with Crippen LogP contribution in [0.5, 0.6) is 5.75 Å². The Morgan fingerprint density at radius 3 is 2.59 bits per heavy atom. The SMILES string of the molecule is CC(C)(C)OC(=O)N1[C@@H](COc2cc(Cl)c(-c3nnc(-c4cc(Cl)cc(Br)c4)s3)cc2F)COC1(C)C. The molecule has 0 N–H and O–H groups in total. The van der Waals surface area contributed by atoms with Crippen LogP contribution in [0.15, 0.2) is 34.8 Å². The largest absolute Gasteiger partial charge is 0.488 e. The number of halogens is 4. The molecule has 1 saturated heterocycles. The average Bonchev–Trinajstić information content (AvgIpc) is 3.36. The molecule has 2 heterocycles. The van der Waals surface area contributed by atoms with Gasteiger partial charge >= 0.3 is 6.09 Å². The van der Waals surface area contributed by atoms with Gasteiger partial charge in [0, 0.05) is 26.7 Å². The Bertz CT molecular complexity index is 1310. The lowest BCUT2D eigenvalue weighted by atomic mass is 10.2. The normalized spacial score (nSPS) is 17.2. The minimum absolute atomic E-state index is 0.0120. The van der Waals surface area contributed by atoms with Gasteiger partial charge in [-0.05, 0) is 58.9 Å². The highest BCUT2D eigenvalue weighted by atomic mass is 79.9. The molecule has 1 amide bonds. The summed E-state index contributed by atoms with van der Waals surface area (Å²) >= 11 is 17.3. The maximum atomic E-state index is 15.1. The van der Waals surface area contributed by atoms with Crippen LogP contribution >= 0.6 is 50.5 Å². The summed E-state index contributed by atoms with van der Waals surface area (Å²) in [6, 6.07) is 7.57. The molecule has 0 spiro atoms. The molecule has 2 aromatic carbocycles. The first-order valence-corrected chi connectivity index (χ1v) is 13.7. The molecule has 1 aliphatic heterocycles. The van der Waals surface area contributed by atoms with Crippen LogP contribution in [0, 0.1) is 5.82 Å². The summed E-state index contributed by atoms with van der Waals surface area (Å²) in [6.07, 6.45) is -0.531. The van der Waals surface area contributed by atoms with Crippen LogP contribution in [0.25, 0.3) is 21.1 Å². The molecule has 12 heteroatoms. The van der Waals surface area contributed by atoms with Gasteiger partial charge in [-0.1, -0.05) is 50.5 Å². The molecular weight excluding hydrogens is 608 g/mol. The quantitative estimate of drug-likeness (QED) is 0.285. The van der Waals surface area contributed by atoms with E-state index in [-0.39, 0.29) is 24.0 Å². The highest BCUT2D eigenvalue weighted by molar-refractivity contribution is 9.10. The monoisotopic (exact) mass is 631 g/mol. The Hall–Kier alpha value is -1.98. The summed E-state index contributed by atoms with van der Waals surface area (Å²) in [7, 11) is 0. The van der Waals surface area contributed by atoms with E-state index in [4.69, 9.17) is 37.4 Å². The Balaban J connectivity index is 1.51. The van der Waals surface area contributed by atoms with Crippen LogP contribution in [0.3, 0.4) is 0 Å². The van der Waals surface area contributed by atoms with Crippen molar-refractivity contribution in [3.63, 3.8) is 0 Å². The fourth-order valence-electron chi connectivity index (χ4n) is 3.80. The molecule has 1 atom stereocenters. The van der Waals surface area contributed by atoms with Gasteiger partial charge in [-0.3, -0.25) is 4.90 Å². The van der Waals surface area contributed by atoms with Crippen molar-refractivity contribution < 1.29 is 23.4 Å². The predicted octanol–water partition coefficient (Wildman–Crippen LogP) is 7.83. The van der Waals surface area contributed by atoms with Crippen molar-refractivity contribution in [1.82, 2.24) is 15.1 Å². The van der Waals surface area contributed by atoms with Gasteiger partial charge in [0.1, 0.15) is 27.9 Å². The van der Waals surface area contributed by atoms with E-state index in [1.165, 1.54) is 28.4 Å². The third kappa shape index (κ3) is 6.54. The van der Waals surface area contributed by atoms with Crippen molar-refractivity contribution in [3.8, 4) is 26.9 Å². The number of hydrogen-bond acceptors (Lipinski definition) is 7. The van der Waals surface area contributed by atoms with Gasteiger partial charge in [0.25, 0.3) is 0 Å². The first-order chi connectivity index (χ1) is 17.2. The number of aromatic nitrogens is 2. The number of hydrogen-bond donors (Lipinski definition) is 0. The minimum atomic E-state index is -0.898. The van der Waals surface area contributed by atoms with E-state index in [9.17, 15) is 4.79 Å². The molecule has 0 radical (unpaired) electrons. The smallest absolute Gasteiger partial charge is 0.413 e. The van der Waals surface area contributed by atoms with Crippen LogP contribution < -0.4 is 4.74 Å². The zero-order chi connectivity index (χ0) is 27.1. The van der Waals surface area contributed by atoms with Gasteiger partial charge in [0.2, 0.25) is 0 Å². The van der Waals surface area contributed by atoms with Crippen LogP contribution in [-0.4, -0.2) is 51.8 Å². The maximum absolute atomic E-state index is 15.1. The van der Waals surface area contributed by atoms with E-state index in [0.29, 0.717) is 20.6 Å². The van der Waals surface area contributed by atoms with Gasteiger partial charge in [0.05, 0.1) is 17.7 Å². The molecule has 1 fully saturated rings. The van der Waals surface area contributed by atoms with Crippen LogP contribution in [0.2, 0.25) is 10.0 Å². The number of carbonyl (C=O) groups excluding carboxylic acids is 1. The molecule has 4 rings (SSSR count). The fourth-order valence-corrected chi connectivity index (χ4v) is 5.82. The van der Waals surface area contributed by atoms with Crippen molar-refractivity contribution in [3.05, 3.63) is 50.7 Å². The number of nitrogens with zero attached hydrogens (tertiary/aromatic N) is 3. The Morgan fingerprint density at radius 2 is 1.92 bits per heavy atom. The summed E-state index contributed by atoms with van der Waals surface area (Å²) in [5, 5.41) is 10.2.